The summed E-state index contributed by atoms with van der Waals surface area (Å²) >= 11 is 0. The highest BCUT2D eigenvalue weighted by molar-refractivity contribution is 5.88. The van der Waals surface area contributed by atoms with Crippen LogP contribution in [0.15, 0.2) is 97.6 Å². The van der Waals surface area contributed by atoms with Gasteiger partial charge in [-0.25, -0.2) is 0 Å². The van der Waals surface area contributed by atoms with Gasteiger partial charge in [-0.3, -0.25) is 0 Å². The molecule has 0 saturated carbocycles. The number of nitrogens with zero attached hydrogens (tertiary/aromatic N) is 2. The third-order valence-electron chi connectivity index (χ3n) is 9.02. The summed E-state index contributed by atoms with van der Waals surface area (Å²) in [7, 11) is 0. The Morgan fingerprint density at radius 3 is 1.18 bits per heavy atom. The number of hydrogen-bond donors (Lipinski definition) is 0. The van der Waals surface area contributed by atoms with E-state index < -0.39 is 0 Å². The van der Waals surface area contributed by atoms with E-state index in [9.17, 15) is 0 Å². The van der Waals surface area contributed by atoms with Gasteiger partial charge in [0.2, 0.25) is 11.4 Å². The van der Waals surface area contributed by atoms with Crippen molar-refractivity contribution in [1.29, 1.82) is 0 Å². The third kappa shape index (κ3) is 3.19. The maximum absolute atomic E-state index is 2.49. The van der Waals surface area contributed by atoms with Gasteiger partial charge in [0.25, 0.3) is 0 Å². The van der Waals surface area contributed by atoms with Crippen molar-refractivity contribution in [3.63, 3.8) is 0 Å². The topological polar surface area (TPSA) is 7.76 Å². The summed E-state index contributed by atoms with van der Waals surface area (Å²) in [6.45, 7) is 13.8. The van der Waals surface area contributed by atoms with Crippen LogP contribution in [-0.2, 0) is 10.8 Å². The number of aryl methyl sites for hydroxylation is 2. The lowest BCUT2D eigenvalue weighted by atomic mass is 9.79. The Kier molecular flexibility index (Phi) is 4.70. The van der Waals surface area contributed by atoms with Crippen molar-refractivity contribution >= 4 is 0 Å². The highest BCUT2D eigenvalue weighted by Gasteiger charge is 2.43. The number of hydrogen-bond acceptors (Lipinski definition) is 0. The summed E-state index contributed by atoms with van der Waals surface area (Å²) in [5, 5.41) is 0. The maximum atomic E-state index is 2.49. The first kappa shape index (κ1) is 23.1. The number of fused-ring (bicyclic) bond motifs is 6. The lowest BCUT2D eigenvalue weighted by Gasteiger charge is -2.23. The quantitative estimate of drug-likeness (QED) is 0.225. The molecule has 0 atom stereocenters. The Bertz CT molecular complexity index is 1620. The average Bonchev–Trinajstić information content (AvgIpc) is 3.27. The van der Waals surface area contributed by atoms with Crippen LogP contribution in [0.1, 0.15) is 61.1 Å². The van der Waals surface area contributed by atoms with Gasteiger partial charge in [-0.05, 0) is 59.4 Å². The molecular weight excluding hydrogens is 460 g/mol. The molecule has 2 aliphatic rings. The minimum Gasteiger partial charge on any atom is -0.167 e. The van der Waals surface area contributed by atoms with Crippen LogP contribution in [0.4, 0.5) is 0 Å². The molecule has 38 heavy (non-hydrogen) atoms. The van der Waals surface area contributed by atoms with Crippen molar-refractivity contribution in [1.82, 2.24) is 0 Å². The van der Waals surface area contributed by atoms with Gasteiger partial charge < -0.3 is 0 Å². The highest BCUT2D eigenvalue weighted by atomic mass is 14.9. The average molecular weight is 495 g/mol. The molecule has 0 saturated heterocycles. The molecule has 0 bridgehead atoms. The van der Waals surface area contributed by atoms with E-state index >= 15 is 0 Å². The third-order valence-corrected chi connectivity index (χ3v) is 9.02. The van der Waals surface area contributed by atoms with Gasteiger partial charge >= 0.3 is 0 Å². The second-order valence-electron chi connectivity index (χ2n) is 12.2. The summed E-state index contributed by atoms with van der Waals surface area (Å²) in [5.74, 6) is 0. The summed E-state index contributed by atoms with van der Waals surface area (Å²) in [5.41, 5.74) is 15.9. The molecule has 2 aliphatic carbocycles. The molecule has 2 heteroatoms. The number of rotatable bonds is 2. The van der Waals surface area contributed by atoms with Crippen molar-refractivity contribution in [2.24, 2.45) is 0 Å². The molecule has 0 fully saturated rings. The van der Waals surface area contributed by atoms with E-state index in [1.165, 1.54) is 67.0 Å². The summed E-state index contributed by atoms with van der Waals surface area (Å²) in [6.07, 6.45) is 9.11. The van der Waals surface area contributed by atoms with E-state index in [2.05, 4.69) is 148 Å². The molecule has 2 aromatic heterocycles. The van der Waals surface area contributed by atoms with Crippen molar-refractivity contribution < 1.29 is 9.13 Å². The summed E-state index contributed by atoms with van der Waals surface area (Å²) < 4.78 is 4.53. The zero-order chi connectivity index (χ0) is 26.4. The molecule has 0 aliphatic heterocycles. The Hall–Kier alpha value is -4.04. The number of aromatic nitrogens is 2. The van der Waals surface area contributed by atoms with Crippen molar-refractivity contribution in [2.75, 3.05) is 0 Å². The molecule has 2 heterocycles. The van der Waals surface area contributed by atoms with Crippen LogP contribution in [0.5, 0.6) is 0 Å². The molecule has 0 amide bonds. The molecule has 0 unspecified atom stereocenters. The first-order valence-corrected chi connectivity index (χ1v) is 13.6. The first-order chi connectivity index (χ1) is 18.1. The van der Waals surface area contributed by atoms with Crippen LogP contribution < -0.4 is 9.13 Å². The van der Waals surface area contributed by atoms with Gasteiger partial charge in [0.1, 0.15) is 0 Å². The van der Waals surface area contributed by atoms with Crippen LogP contribution in [0.25, 0.3) is 33.6 Å². The van der Waals surface area contributed by atoms with Gasteiger partial charge in [-0.2, -0.15) is 9.13 Å². The van der Waals surface area contributed by atoms with Crippen LogP contribution in [0.2, 0.25) is 0 Å². The van der Waals surface area contributed by atoms with E-state index in [4.69, 9.17) is 0 Å². The Morgan fingerprint density at radius 2 is 0.816 bits per heavy atom. The molecule has 0 N–H and O–H groups in total. The Morgan fingerprint density at radius 1 is 0.447 bits per heavy atom. The Labute approximate surface area is 225 Å². The Balaban J connectivity index is 1.36. The van der Waals surface area contributed by atoms with Gasteiger partial charge in [0.15, 0.2) is 24.8 Å². The van der Waals surface area contributed by atoms with Crippen LogP contribution in [0.3, 0.4) is 0 Å². The van der Waals surface area contributed by atoms with Crippen molar-refractivity contribution in [3.05, 3.63) is 131 Å². The maximum Gasteiger partial charge on any atom is 0.210 e. The minimum atomic E-state index is -0.0725. The molecule has 7 rings (SSSR count). The molecule has 186 valence electrons. The molecule has 2 nitrogen and oxygen atoms in total. The second kappa shape index (κ2) is 7.74. The van der Waals surface area contributed by atoms with Gasteiger partial charge in [0, 0.05) is 58.4 Å². The normalized spacial score (nSPS) is 15.5. The molecule has 5 aromatic rings. The number of benzene rings is 3. The predicted octanol–water partition coefficient (Wildman–Crippen LogP) is 7.47. The fraction of sp³-hybridized carbons (Fsp3) is 0.222. The number of pyridine rings is 2. The van der Waals surface area contributed by atoms with Crippen LogP contribution >= 0.6 is 0 Å². The SMILES string of the molecule is Cc1ccc(-[n+]2ccc3c(c2)C(C)(C)c2cc4c(cc2-3)C(C)(C)c2c[n+](-c3ccc(C)cc3)ccc2-4)cc1. The predicted molar refractivity (Wildman–Crippen MR) is 154 cm³/mol. The smallest absolute Gasteiger partial charge is 0.167 e. The standard InChI is InChI=1S/C36H34N2/c1-23-7-11-25(12-8-23)37-17-15-27-29-19-32-30(20-31(29)35(3,4)33(27)21-37)28-16-18-38(22-34(28)36(32,5)6)26-13-9-24(2)10-14-26/h7-22H,1-6H3/q+2. The van der Waals surface area contributed by atoms with E-state index in [-0.39, 0.29) is 10.8 Å². The van der Waals surface area contributed by atoms with Crippen molar-refractivity contribution in [2.45, 2.75) is 52.4 Å². The zero-order valence-electron chi connectivity index (χ0n) is 23.1. The summed E-state index contributed by atoms with van der Waals surface area (Å²) in [6, 6.07) is 27.2. The lowest BCUT2D eigenvalue weighted by molar-refractivity contribution is -0.596. The molecular formula is C36H34N2+2. The molecule has 0 radical (unpaired) electrons. The molecule has 0 spiro atoms. The van der Waals surface area contributed by atoms with Gasteiger partial charge in [-0.1, -0.05) is 63.1 Å². The minimum absolute atomic E-state index is 0.0725. The fourth-order valence-electron chi connectivity index (χ4n) is 6.58. The second-order valence-corrected chi connectivity index (χ2v) is 12.2. The van der Waals surface area contributed by atoms with Gasteiger partial charge in [-0.15, -0.1) is 0 Å². The zero-order valence-corrected chi connectivity index (χ0v) is 23.1. The van der Waals surface area contributed by atoms with Crippen LogP contribution in [0, 0.1) is 13.8 Å². The van der Waals surface area contributed by atoms with Crippen molar-refractivity contribution in [3.8, 4) is 33.6 Å². The first-order valence-electron chi connectivity index (χ1n) is 13.6. The highest BCUT2D eigenvalue weighted by Crippen LogP contribution is 2.55. The van der Waals surface area contributed by atoms with E-state index in [0.29, 0.717) is 0 Å². The van der Waals surface area contributed by atoms with E-state index in [1.807, 2.05) is 0 Å². The largest absolute Gasteiger partial charge is 0.210 e. The molecule has 3 aromatic carbocycles. The summed E-state index contributed by atoms with van der Waals surface area (Å²) in [4.78, 5) is 0. The lowest BCUT2D eigenvalue weighted by Crippen LogP contribution is -2.32. The van der Waals surface area contributed by atoms with E-state index in [1.54, 1.807) is 0 Å². The van der Waals surface area contributed by atoms with E-state index in [0.717, 1.165) is 0 Å². The monoisotopic (exact) mass is 494 g/mol. The van der Waals surface area contributed by atoms with Gasteiger partial charge in [0.05, 0.1) is 0 Å². The fourth-order valence-corrected chi connectivity index (χ4v) is 6.58. The van der Waals surface area contributed by atoms with Crippen LogP contribution in [-0.4, -0.2) is 0 Å².